The van der Waals surface area contributed by atoms with Crippen molar-refractivity contribution in [3.8, 4) is 0 Å². The van der Waals surface area contributed by atoms with Gasteiger partial charge in [0, 0.05) is 25.2 Å². The lowest BCUT2D eigenvalue weighted by Gasteiger charge is -2.24. The lowest BCUT2D eigenvalue weighted by molar-refractivity contribution is 0.0740. The minimum absolute atomic E-state index is 0.0526. The van der Waals surface area contributed by atoms with Crippen molar-refractivity contribution in [1.29, 1.82) is 0 Å². The van der Waals surface area contributed by atoms with E-state index in [9.17, 15) is 13.6 Å². The molecule has 0 radical (unpaired) electrons. The van der Waals surface area contributed by atoms with Crippen molar-refractivity contribution in [2.24, 2.45) is 5.92 Å². The lowest BCUT2D eigenvalue weighted by atomic mass is 10.1. The van der Waals surface area contributed by atoms with Crippen LogP contribution in [0.1, 0.15) is 44.5 Å². The zero-order valence-electron chi connectivity index (χ0n) is 13.2. The molecule has 21 heavy (non-hydrogen) atoms. The number of hydrogen-bond acceptors (Lipinski definition) is 2. The molecule has 0 saturated heterocycles. The van der Waals surface area contributed by atoms with Gasteiger partial charge in [-0.15, -0.1) is 0 Å². The Bertz CT molecular complexity index is 468. The molecular weight excluding hydrogens is 274 g/mol. The summed E-state index contributed by atoms with van der Waals surface area (Å²) in [6, 6.07) is 2.20. The molecule has 1 atom stereocenters. The normalized spacial score (nSPS) is 12.1. The SMILES string of the molecule is CCNc1c(F)cc(C(=O)N(CC)CC(C)CC)cc1F. The summed E-state index contributed by atoms with van der Waals surface area (Å²) < 4.78 is 27.8. The molecular formula is C16H24F2N2O. The van der Waals surface area contributed by atoms with Crippen LogP contribution in [0.2, 0.25) is 0 Å². The summed E-state index contributed by atoms with van der Waals surface area (Å²) in [7, 11) is 0. The van der Waals surface area contributed by atoms with E-state index in [1.54, 1.807) is 11.8 Å². The molecule has 1 amide bonds. The molecule has 1 unspecified atom stereocenters. The monoisotopic (exact) mass is 298 g/mol. The number of anilines is 1. The van der Waals surface area contributed by atoms with Crippen molar-refractivity contribution >= 4 is 11.6 Å². The van der Waals surface area contributed by atoms with Crippen LogP contribution in [0.5, 0.6) is 0 Å². The van der Waals surface area contributed by atoms with Crippen LogP contribution in [-0.4, -0.2) is 30.4 Å². The lowest BCUT2D eigenvalue weighted by Crippen LogP contribution is -2.34. The highest BCUT2D eigenvalue weighted by molar-refractivity contribution is 5.94. The molecule has 1 rings (SSSR count). The smallest absolute Gasteiger partial charge is 0.254 e. The van der Waals surface area contributed by atoms with Gasteiger partial charge in [0.2, 0.25) is 0 Å². The largest absolute Gasteiger partial charge is 0.381 e. The van der Waals surface area contributed by atoms with Crippen molar-refractivity contribution in [2.45, 2.75) is 34.1 Å². The zero-order chi connectivity index (χ0) is 16.0. The van der Waals surface area contributed by atoms with Gasteiger partial charge in [0.25, 0.3) is 5.91 Å². The molecule has 0 aliphatic rings. The Morgan fingerprint density at radius 2 is 1.81 bits per heavy atom. The van der Waals surface area contributed by atoms with Gasteiger partial charge in [-0.25, -0.2) is 8.78 Å². The van der Waals surface area contributed by atoms with Crippen LogP contribution in [0.25, 0.3) is 0 Å². The third-order valence-electron chi connectivity index (χ3n) is 3.54. The highest BCUT2D eigenvalue weighted by Crippen LogP contribution is 2.22. The van der Waals surface area contributed by atoms with Crippen molar-refractivity contribution in [3.05, 3.63) is 29.3 Å². The van der Waals surface area contributed by atoms with Gasteiger partial charge in [0.05, 0.1) is 0 Å². The first-order valence-corrected chi connectivity index (χ1v) is 7.46. The molecule has 118 valence electrons. The second-order valence-corrected chi connectivity index (χ2v) is 5.20. The molecule has 5 heteroatoms. The average molecular weight is 298 g/mol. The van der Waals surface area contributed by atoms with Gasteiger partial charge in [-0.2, -0.15) is 0 Å². The molecule has 0 spiro atoms. The summed E-state index contributed by atoms with van der Waals surface area (Å²) in [6.45, 7) is 9.23. The van der Waals surface area contributed by atoms with E-state index in [1.165, 1.54) is 0 Å². The Hall–Kier alpha value is -1.65. The van der Waals surface area contributed by atoms with Crippen molar-refractivity contribution in [3.63, 3.8) is 0 Å². The third-order valence-corrected chi connectivity index (χ3v) is 3.54. The van der Waals surface area contributed by atoms with Gasteiger partial charge in [-0.05, 0) is 31.9 Å². The molecule has 1 N–H and O–H groups in total. The van der Waals surface area contributed by atoms with Crippen LogP contribution in [0.15, 0.2) is 12.1 Å². The van der Waals surface area contributed by atoms with E-state index in [1.807, 2.05) is 20.8 Å². The minimum atomic E-state index is -0.736. The molecule has 0 aliphatic carbocycles. The Morgan fingerprint density at radius 3 is 2.24 bits per heavy atom. The number of carbonyl (C=O) groups is 1. The Morgan fingerprint density at radius 1 is 1.24 bits per heavy atom. The summed E-state index contributed by atoms with van der Waals surface area (Å²) in [4.78, 5) is 14.0. The van der Waals surface area contributed by atoms with Crippen molar-refractivity contribution in [1.82, 2.24) is 4.90 Å². The van der Waals surface area contributed by atoms with Crippen molar-refractivity contribution < 1.29 is 13.6 Å². The fraction of sp³-hybridized carbons (Fsp3) is 0.562. The van der Waals surface area contributed by atoms with Crippen LogP contribution < -0.4 is 5.32 Å². The quantitative estimate of drug-likeness (QED) is 0.828. The van der Waals surface area contributed by atoms with Gasteiger partial charge >= 0.3 is 0 Å². The van der Waals surface area contributed by atoms with E-state index in [0.29, 0.717) is 25.6 Å². The van der Waals surface area contributed by atoms with Gasteiger partial charge in [0.15, 0.2) is 0 Å². The number of nitrogens with one attached hydrogen (secondary N) is 1. The standard InChI is InChI=1S/C16H24F2N2O/c1-5-11(4)10-20(7-3)16(21)12-8-13(17)15(19-6-2)14(18)9-12/h8-9,11,19H,5-7,10H2,1-4H3. The molecule has 1 aromatic carbocycles. The highest BCUT2D eigenvalue weighted by atomic mass is 19.1. The number of amides is 1. The van der Waals surface area contributed by atoms with E-state index in [-0.39, 0.29) is 17.2 Å². The highest BCUT2D eigenvalue weighted by Gasteiger charge is 2.20. The number of hydrogen-bond donors (Lipinski definition) is 1. The third kappa shape index (κ3) is 4.41. The van der Waals surface area contributed by atoms with Gasteiger partial charge in [0.1, 0.15) is 17.3 Å². The molecule has 0 bridgehead atoms. The van der Waals surface area contributed by atoms with Crippen LogP contribution in [0.4, 0.5) is 14.5 Å². The summed E-state index contributed by atoms with van der Waals surface area (Å²) in [5.74, 6) is -1.46. The van der Waals surface area contributed by atoms with Gasteiger partial charge in [-0.1, -0.05) is 20.3 Å². The predicted molar refractivity (Wildman–Crippen MR) is 81.6 cm³/mol. The maximum Gasteiger partial charge on any atom is 0.254 e. The number of rotatable bonds is 7. The number of benzene rings is 1. The summed E-state index contributed by atoms with van der Waals surface area (Å²) in [5, 5.41) is 2.62. The van der Waals surface area contributed by atoms with Crippen LogP contribution in [0, 0.1) is 17.6 Å². The van der Waals surface area contributed by atoms with Crippen LogP contribution >= 0.6 is 0 Å². The summed E-state index contributed by atoms with van der Waals surface area (Å²) >= 11 is 0. The number of nitrogens with zero attached hydrogens (tertiary/aromatic N) is 1. The van der Waals surface area contributed by atoms with E-state index in [0.717, 1.165) is 18.6 Å². The number of carbonyl (C=O) groups excluding carboxylic acids is 1. The van der Waals surface area contributed by atoms with E-state index >= 15 is 0 Å². The summed E-state index contributed by atoms with van der Waals surface area (Å²) in [5.41, 5.74) is -0.129. The van der Waals surface area contributed by atoms with Crippen LogP contribution in [0.3, 0.4) is 0 Å². The van der Waals surface area contributed by atoms with Gasteiger partial charge < -0.3 is 10.2 Å². The predicted octanol–water partition coefficient (Wildman–Crippen LogP) is 3.90. The van der Waals surface area contributed by atoms with Gasteiger partial charge in [-0.3, -0.25) is 4.79 Å². The van der Waals surface area contributed by atoms with E-state index in [4.69, 9.17) is 0 Å². The second-order valence-electron chi connectivity index (χ2n) is 5.20. The molecule has 1 aromatic rings. The maximum absolute atomic E-state index is 13.9. The first-order chi connectivity index (χ1) is 9.94. The first-order valence-electron chi connectivity index (χ1n) is 7.46. The first kappa shape index (κ1) is 17.4. The number of halogens is 2. The topological polar surface area (TPSA) is 32.3 Å². The summed E-state index contributed by atoms with van der Waals surface area (Å²) in [6.07, 6.45) is 0.950. The molecule has 0 saturated carbocycles. The van der Waals surface area contributed by atoms with E-state index in [2.05, 4.69) is 5.32 Å². The molecule has 0 aliphatic heterocycles. The van der Waals surface area contributed by atoms with E-state index < -0.39 is 11.6 Å². The maximum atomic E-state index is 13.9. The van der Waals surface area contributed by atoms with Crippen LogP contribution in [-0.2, 0) is 0 Å². The Labute approximate surface area is 125 Å². The molecule has 0 heterocycles. The fourth-order valence-corrected chi connectivity index (χ4v) is 2.09. The minimum Gasteiger partial charge on any atom is -0.381 e. The van der Waals surface area contributed by atoms with Crippen molar-refractivity contribution in [2.75, 3.05) is 25.0 Å². The Balaban J connectivity index is 3.01. The zero-order valence-corrected chi connectivity index (χ0v) is 13.2. The Kier molecular flexibility index (Phi) is 6.59. The molecule has 0 aromatic heterocycles. The molecule has 0 fully saturated rings. The molecule has 3 nitrogen and oxygen atoms in total. The fourth-order valence-electron chi connectivity index (χ4n) is 2.09. The second kappa shape index (κ2) is 7.96. The average Bonchev–Trinajstić information content (AvgIpc) is 2.47.